The molecule has 2 aromatic rings. The summed E-state index contributed by atoms with van der Waals surface area (Å²) < 4.78 is 10.6. The summed E-state index contributed by atoms with van der Waals surface area (Å²) in [6, 6.07) is 5.26. The van der Waals surface area contributed by atoms with E-state index >= 15 is 0 Å². The van der Waals surface area contributed by atoms with Crippen molar-refractivity contribution < 1.29 is 14.1 Å². The van der Waals surface area contributed by atoms with Gasteiger partial charge in [0.05, 0.1) is 6.10 Å². The lowest BCUT2D eigenvalue weighted by Gasteiger charge is -2.09. The lowest BCUT2D eigenvalue weighted by Crippen LogP contribution is -2.31. The number of nitrogens with one attached hydrogen (secondary N) is 1. The first-order chi connectivity index (χ1) is 9.83. The van der Waals surface area contributed by atoms with Crippen molar-refractivity contribution in [2.24, 2.45) is 0 Å². The predicted molar refractivity (Wildman–Crippen MR) is 71.0 cm³/mol. The molecule has 1 aliphatic rings. The minimum atomic E-state index is -0.251. The third-order valence-electron chi connectivity index (χ3n) is 3.20. The third-order valence-corrected chi connectivity index (χ3v) is 3.20. The molecule has 1 aliphatic heterocycles. The summed E-state index contributed by atoms with van der Waals surface area (Å²) in [7, 11) is 0. The van der Waals surface area contributed by atoms with Gasteiger partial charge in [-0.1, -0.05) is 5.16 Å². The average Bonchev–Trinajstić information content (AvgIpc) is 3.17. The summed E-state index contributed by atoms with van der Waals surface area (Å²) in [6.07, 6.45) is 5.49. The van der Waals surface area contributed by atoms with Crippen LogP contribution in [0.4, 0.5) is 0 Å². The molecule has 1 fully saturated rings. The van der Waals surface area contributed by atoms with Crippen molar-refractivity contribution in [2.75, 3.05) is 13.2 Å². The van der Waals surface area contributed by atoms with E-state index in [2.05, 4.69) is 15.5 Å². The van der Waals surface area contributed by atoms with Crippen molar-refractivity contribution in [1.29, 1.82) is 0 Å². The molecule has 0 spiro atoms. The highest BCUT2D eigenvalue weighted by atomic mass is 16.5. The number of pyridine rings is 1. The molecule has 104 valence electrons. The van der Waals surface area contributed by atoms with Crippen LogP contribution in [0.15, 0.2) is 35.1 Å². The van der Waals surface area contributed by atoms with E-state index in [0.717, 1.165) is 25.0 Å². The molecule has 3 heterocycles. The van der Waals surface area contributed by atoms with Gasteiger partial charge >= 0.3 is 0 Å². The first-order valence-corrected chi connectivity index (χ1v) is 6.60. The van der Waals surface area contributed by atoms with Crippen LogP contribution >= 0.6 is 0 Å². The first-order valence-electron chi connectivity index (χ1n) is 6.60. The van der Waals surface area contributed by atoms with E-state index in [1.807, 2.05) is 6.07 Å². The van der Waals surface area contributed by atoms with Crippen LogP contribution in [0.1, 0.15) is 23.3 Å². The van der Waals surface area contributed by atoms with E-state index in [1.54, 1.807) is 24.5 Å². The van der Waals surface area contributed by atoms with Gasteiger partial charge in [-0.2, -0.15) is 0 Å². The molecule has 3 rings (SSSR count). The van der Waals surface area contributed by atoms with E-state index < -0.39 is 0 Å². The van der Waals surface area contributed by atoms with Gasteiger partial charge in [0.1, 0.15) is 0 Å². The Bertz CT molecular complexity index is 576. The smallest absolute Gasteiger partial charge is 0.273 e. The molecule has 6 nitrogen and oxygen atoms in total. The fourth-order valence-corrected chi connectivity index (χ4v) is 2.13. The molecular formula is C14H15N3O3. The molecule has 1 amide bonds. The van der Waals surface area contributed by atoms with Gasteiger partial charge in [-0.15, -0.1) is 0 Å². The van der Waals surface area contributed by atoms with Gasteiger partial charge < -0.3 is 14.6 Å². The Morgan fingerprint density at radius 3 is 3.20 bits per heavy atom. The maximum atomic E-state index is 11.9. The standard InChI is InChI=1S/C14H15N3O3/c18-14(16-9-11-4-2-6-19-11)12-7-13(20-17-12)10-3-1-5-15-8-10/h1,3,5,7-8,11H,2,4,6,9H2,(H,16,18). The van der Waals surface area contributed by atoms with E-state index in [-0.39, 0.29) is 17.7 Å². The minimum absolute atomic E-state index is 0.114. The Hall–Kier alpha value is -2.21. The number of hydrogen-bond acceptors (Lipinski definition) is 5. The lowest BCUT2D eigenvalue weighted by atomic mass is 10.2. The lowest BCUT2D eigenvalue weighted by molar-refractivity contribution is 0.0850. The summed E-state index contributed by atoms with van der Waals surface area (Å²) in [6.45, 7) is 1.28. The molecule has 0 saturated carbocycles. The number of amides is 1. The molecular weight excluding hydrogens is 258 g/mol. The molecule has 0 radical (unpaired) electrons. The Morgan fingerprint density at radius 1 is 1.50 bits per heavy atom. The molecule has 1 atom stereocenters. The molecule has 20 heavy (non-hydrogen) atoms. The highest BCUT2D eigenvalue weighted by Gasteiger charge is 2.18. The molecule has 0 bridgehead atoms. The van der Waals surface area contributed by atoms with Gasteiger partial charge in [0.15, 0.2) is 11.5 Å². The van der Waals surface area contributed by atoms with Gasteiger partial charge in [0.2, 0.25) is 0 Å². The zero-order chi connectivity index (χ0) is 13.8. The first kappa shape index (κ1) is 12.8. The summed E-state index contributed by atoms with van der Waals surface area (Å²) >= 11 is 0. The van der Waals surface area contributed by atoms with Crippen LogP contribution in [-0.2, 0) is 4.74 Å². The summed E-state index contributed by atoms with van der Waals surface area (Å²) in [4.78, 5) is 15.9. The van der Waals surface area contributed by atoms with Gasteiger partial charge in [-0.3, -0.25) is 9.78 Å². The largest absolute Gasteiger partial charge is 0.376 e. The second kappa shape index (κ2) is 5.83. The number of ether oxygens (including phenoxy) is 1. The van der Waals surface area contributed by atoms with Crippen LogP contribution in [0.25, 0.3) is 11.3 Å². The van der Waals surface area contributed by atoms with Crippen LogP contribution in [0, 0.1) is 0 Å². The fourth-order valence-electron chi connectivity index (χ4n) is 2.13. The zero-order valence-corrected chi connectivity index (χ0v) is 10.9. The van der Waals surface area contributed by atoms with Crippen molar-refractivity contribution in [2.45, 2.75) is 18.9 Å². The van der Waals surface area contributed by atoms with Gasteiger partial charge in [0, 0.05) is 37.2 Å². The maximum Gasteiger partial charge on any atom is 0.273 e. The van der Waals surface area contributed by atoms with Crippen molar-refractivity contribution >= 4 is 5.91 Å². The topological polar surface area (TPSA) is 77.2 Å². The molecule has 0 aliphatic carbocycles. The molecule has 1 saturated heterocycles. The average molecular weight is 273 g/mol. The Labute approximate surface area is 116 Å². The Balaban J connectivity index is 1.62. The van der Waals surface area contributed by atoms with Crippen LogP contribution < -0.4 is 5.32 Å². The van der Waals surface area contributed by atoms with E-state index in [9.17, 15) is 4.79 Å². The monoisotopic (exact) mass is 273 g/mol. The SMILES string of the molecule is O=C(NCC1CCCO1)c1cc(-c2cccnc2)on1. The second-order valence-electron chi connectivity index (χ2n) is 4.66. The van der Waals surface area contributed by atoms with Crippen LogP contribution in [0.2, 0.25) is 0 Å². The summed E-state index contributed by atoms with van der Waals surface area (Å²) in [5.41, 5.74) is 1.06. The minimum Gasteiger partial charge on any atom is -0.376 e. The Kier molecular flexibility index (Phi) is 3.73. The highest BCUT2D eigenvalue weighted by Crippen LogP contribution is 2.18. The third kappa shape index (κ3) is 2.85. The number of hydrogen-bond donors (Lipinski definition) is 1. The highest BCUT2D eigenvalue weighted by molar-refractivity contribution is 5.93. The van der Waals surface area contributed by atoms with Crippen LogP contribution in [0.3, 0.4) is 0 Å². The van der Waals surface area contributed by atoms with Crippen molar-refractivity contribution in [1.82, 2.24) is 15.5 Å². The van der Waals surface area contributed by atoms with Crippen molar-refractivity contribution in [3.8, 4) is 11.3 Å². The fraction of sp³-hybridized carbons (Fsp3) is 0.357. The number of carbonyl (C=O) groups is 1. The normalized spacial score (nSPS) is 18.1. The van der Waals surface area contributed by atoms with Gasteiger partial charge in [-0.25, -0.2) is 0 Å². The van der Waals surface area contributed by atoms with E-state index in [1.165, 1.54) is 0 Å². The van der Waals surface area contributed by atoms with E-state index in [4.69, 9.17) is 9.26 Å². The van der Waals surface area contributed by atoms with Crippen LogP contribution in [-0.4, -0.2) is 35.3 Å². The number of nitrogens with zero attached hydrogens (tertiary/aromatic N) is 2. The quantitative estimate of drug-likeness (QED) is 0.916. The molecule has 6 heteroatoms. The zero-order valence-electron chi connectivity index (χ0n) is 10.9. The van der Waals surface area contributed by atoms with Gasteiger partial charge in [-0.05, 0) is 25.0 Å². The summed E-state index contributed by atoms with van der Waals surface area (Å²) in [5, 5.41) is 6.59. The van der Waals surface area contributed by atoms with Crippen LogP contribution in [0.5, 0.6) is 0 Å². The summed E-state index contributed by atoms with van der Waals surface area (Å²) in [5.74, 6) is 0.278. The number of aromatic nitrogens is 2. The second-order valence-corrected chi connectivity index (χ2v) is 4.66. The molecule has 1 unspecified atom stereocenters. The van der Waals surface area contributed by atoms with Crippen molar-refractivity contribution in [3.05, 3.63) is 36.3 Å². The number of carbonyl (C=O) groups excluding carboxylic acids is 1. The van der Waals surface area contributed by atoms with E-state index in [0.29, 0.717) is 12.3 Å². The predicted octanol–water partition coefficient (Wildman–Crippen LogP) is 1.65. The van der Waals surface area contributed by atoms with Crippen molar-refractivity contribution in [3.63, 3.8) is 0 Å². The number of rotatable bonds is 4. The maximum absolute atomic E-state index is 11.9. The molecule has 1 N–H and O–H groups in total. The van der Waals surface area contributed by atoms with Gasteiger partial charge in [0.25, 0.3) is 5.91 Å². The Morgan fingerprint density at radius 2 is 2.45 bits per heavy atom. The molecule has 0 aromatic carbocycles. The molecule has 2 aromatic heterocycles.